The standard InChI is InChI=1S/C16H14BrNS/c1-11-5-12(2)7-13(6-11)10-19-15-4-3-14(9-18)16(17)8-15/h3-8H,10H2,1-2H3. The zero-order valence-electron chi connectivity index (χ0n) is 10.9. The summed E-state index contributed by atoms with van der Waals surface area (Å²) in [5, 5.41) is 8.89. The van der Waals surface area contributed by atoms with Gasteiger partial charge >= 0.3 is 0 Å². The number of halogens is 1. The monoisotopic (exact) mass is 331 g/mol. The van der Waals surface area contributed by atoms with Gasteiger partial charge in [-0.25, -0.2) is 0 Å². The molecule has 0 heterocycles. The van der Waals surface area contributed by atoms with Crippen LogP contribution in [0.3, 0.4) is 0 Å². The normalized spacial score (nSPS) is 10.2. The molecule has 0 fully saturated rings. The average Bonchev–Trinajstić information content (AvgIpc) is 2.35. The Labute approximate surface area is 126 Å². The molecule has 0 aliphatic carbocycles. The Kier molecular flexibility index (Phi) is 4.68. The first-order valence-electron chi connectivity index (χ1n) is 5.98. The molecule has 0 unspecified atom stereocenters. The van der Waals surface area contributed by atoms with Gasteiger partial charge in [0.15, 0.2) is 0 Å². The van der Waals surface area contributed by atoms with E-state index in [0.717, 1.165) is 10.2 Å². The molecular formula is C16H14BrNS. The van der Waals surface area contributed by atoms with Gasteiger partial charge in [-0.2, -0.15) is 5.26 Å². The van der Waals surface area contributed by atoms with Crippen molar-refractivity contribution >= 4 is 27.7 Å². The van der Waals surface area contributed by atoms with Gasteiger partial charge in [0.25, 0.3) is 0 Å². The summed E-state index contributed by atoms with van der Waals surface area (Å²) in [5.74, 6) is 0.945. The van der Waals surface area contributed by atoms with Gasteiger partial charge in [0.2, 0.25) is 0 Å². The van der Waals surface area contributed by atoms with E-state index in [4.69, 9.17) is 5.26 Å². The predicted molar refractivity (Wildman–Crippen MR) is 84.3 cm³/mol. The second kappa shape index (κ2) is 6.27. The third kappa shape index (κ3) is 3.86. The SMILES string of the molecule is Cc1cc(C)cc(CSc2ccc(C#N)c(Br)c2)c1. The van der Waals surface area contributed by atoms with E-state index in [1.807, 2.05) is 18.2 Å². The number of thioether (sulfide) groups is 1. The lowest BCUT2D eigenvalue weighted by Crippen LogP contribution is -1.86. The second-order valence-electron chi connectivity index (χ2n) is 4.54. The van der Waals surface area contributed by atoms with E-state index in [1.54, 1.807) is 11.8 Å². The molecule has 96 valence electrons. The van der Waals surface area contributed by atoms with Crippen LogP contribution in [-0.4, -0.2) is 0 Å². The summed E-state index contributed by atoms with van der Waals surface area (Å²) < 4.78 is 0.862. The van der Waals surface area contributed by atoms with Gasteiger partial charge in [0.1, 0.15) is 6.07 Å². The van der Waals surface area contributed by atoms with Gasteiger partial charge in [0, 0.05) is 15.1 Å². The molecule has 0 saturated heterocycles. The van der Waals surface area contributed by atoms with Crippen molar-refractivity contribution in [2.45, 2.75) is 24.5 Å². The molecule has 0 bridgehead atoms. The Hall–Kier alpha value is -1.24. The predicted octanol–water partition coefficient (Wildman–Crippen LogP) is 5.23. The zero-order chi connectivity index (χ0) is 13.8. The maximum absolute atomic E-state index is 8.89. The molecule has 1 nitrogen and oxygen atoms in total. The molecule has 0 aliphatic heterocycles. The van der Waals surface area contributed by atoms with Crippen molar-refractivity contribution in [3.05, 3.63) is 63.1 Å². The summed E-state index contributed by atoms with van der Waals surface area (Å²) in [6, 6.07) is 14.6. The number of hydrogen-bond donors (Lipinski definition) is 0. The van der Waals surface area contributed by atoms with E-state index in [2.05, 4.69) is 54.0 Å². The number of benzene rings is 2. The van der Waals surface area contributed by atoms with Gasteiger partial charge < -0.3 is 0 Å². The largest absolute Gasteiger partial charge is 0.192 e. The number of nitriles is 1. The van der Waals surface area contributed by atoms with Crippen LogP contribution in [-0.2, 0) is 5.75 Å². The molecule has 2 rings (SSSR count). The molecule has 0 aliphatic rings. The lowest BCUT2D eigenvalue weighted by atomic mass is 10.1. The molecule has 0 atom stereocenters. The Bertz CT molecular complexity index is 623. The van der Waals surface area contributed by atoms with Gasteiger partial charge in [-0.05, 0) is 53.5 Å². The molecule has 0 N–H and O–H groups in total. The second-order valence-corrected chi connectivity index (χ2v) is 6.44. The lowest BCUT2D eigenvalue weighted by molar-refractivity contribution is 1.29. The van der Waals surface area contributed by atoms with Crippen LogP contribution in [0.4, 0.5) is 0 Å². The van der Waals surface area contributed by atoms with E-state index in [-0.39, 0.29) is 0 Å². The minimum absolute atomic E-state index is 0.677. The highest BCUT2D eigenvalue weighted by Crippen LogP contribution is 2.28. The van der Waals surface area contributed by atoms with Crippen LogP contribution in [0.25, 0.3) is 0 Å². The van der Waals surface area contributed by atoms with Crippen molar-refractivity contribution in [1.82, 2.24) is 0 Å². The highest BCUT2D eigenvalue weighted by atomic mass is 79.9. The molecule has 0 amide bonds. The van der Waals surface area contributed by atoms with Crippen LogP contribution in [0.5, 0.6) is 0 Å². The van der Waals surface area contributed by atoms with E-state index in [9.17, 15) is 0 Å². The number of aryl methyl sites for hydroxylation is 2. The average molecular weight is 332 g/mol. The van der Waals surface area contributed by atoms with Crippen LogP contribution in [0.15, 0.2) is 45.8 Å². The molecule has 0 saturated carbocycles. The summed E-state index contributed by atoms with van der Waals surface area (Å²) in [7, 11) is 0. The highest BCUT2D eigenvalue weighted by molar-refractivity contribution is 9.10. The number of hydrogen-bond acceptors (Lipinski definition) is 2. The van der Waals surface area contributed by atoms with Crippen LogP contribution in [0, 0.1) is 25.2 Å². The summed E-state index contributed by atoms with van der Waals surface area (Å²) >= 11 is 5.21. The van der Waals surface area contributed by atoms with Gasteiger partial charge in [-0.1, -0.05) is 29.3 Å². The first-order chi connectivity index (χ1) is 9.08. The molecule has 0 radical (unpaired) electrons. The third-order valence-electron chi connectivity index (χ3n) is 2.75. The van der Waals surface area contributed by atoms with Gasteiger partial charge in [-0.3, -0.25) is 0 Å². The fourth-order valence-corrected chi connectivity index (χ4v) is 3.48. The van der Waals surface area contributed by atoms with Crippen molar-refractivity contribution in [2.75, 3.05) is 0 Å². The summed E-state index contributed by atoms with van der Waals surface area (Å²) in [5.41, 5.74) is 4.62. The number of rotatable bonds is 3. The maximum atomic E-state index is 8.89. The highest BCUT2D eigenvalue weighted by Gasteiger charge is 2.02. The van der Waals surface area contributed by atoms with Crippen molar-refractivity contribution in [3.63, 3.8) is 0 Å². The quantitative estimate of drug-likeness (QED) is 0.719. The van der Waals surface area contributed by atoms with Gasteiger partial charge in [-0.15, -0.1) is 11.8 Å². The van der Waals surface area contributed by atoms with Crippen molar-refractivity contribution in [3.8, 4) is 6.07 Å². The van der Waals surface area contributed by atoms with Crippen LogP contribution >= 0.6 is 27.7 Å². The van der Waals surface area contributed by atoms with E-state index in [0.29, 0.717) is 5.56 Å². The van der Waals surface area contributed by atoms with E-state index >= 15 is 0 Å². The molecule has 0 spiro atoms. The Morgan fingerprint density at radius 3 is 2.37 bits per heavy atom. The van der Waals surface area contributed by atoms with Gasteiger partial charge in [0.05, 0.1) is 5.56 Å². The number of nitrogens with zero attached hydrogens (tertiary/aromatic N) is 1. The van der Waals surface area contributed by atoms with Crippen molar-refractivity contribution < 1.29 is 0 Å². The fourth-order valence-electron chi connectivity index (χ4n) is 2.00. The maximum Gasteiger partial charge on any atom is 0.100 e. The van der Waals surface area contributed by atoms with Crippen molar-refractivity contribution in [1.29, 1.82) is 5.26 Å². The molecule has 19 heavy (non-hydrogen) atoms. The Balaban J connectivity index is 2.10. The van der Waals surface area contributed by atoms with Crippen LogP contribution < -0.4 is 0 Å². The summed E-state index contributed by atoms with van der Waals surface area (Å²) in [6.07, 6.45) is 0. The first kappa shape index (κ1) is 14.2. The van der Waals surface area contributed by atoms with Crippen LogP contribution in [0.2, 0.25) is 0 Å². The molecular weight excluding hydrogens is 318 g/mol. The van der Waals surface area contributed by atoms with Crippen molar-refractivity contribution in [2.24, 2.45) is 0 Å². The molecule has 2 aromatic carbocycles. The summed E-state index contributed by atoms with van der Waals surface area (Å²) in [6.45, 7) is 4.25. The van der Waals surface area contributed by atoms with E-state index in [1.165, 1.54) is 21.6 Å². The van der Waals surface area contributed by atoms with Crippen LogP contribution in [0.1, 0.15) is 22.3 Å². The molecule has 0 aromatic heterocycles. The molecule has 3 heteroatoms. The lowest BCUT2D eigenvalue weighted by Gasteiger charge is -2.06. The minimum Gasteiger partial charge on any atom is -0.192 e. The third-order valence-corrected chi connectivity index (χ3v) is 4.47. The summed E-state index contributed by atoms with van der Waals surface area (Å²) in [4.78, 5) is 1.17. The fraction of sp³-hybridized carbons (Fsp3) is 0.188. The first-order valence-corrected chi connectivity index (χ1v) is 7.76. The minimum atomic E-state index is 0.677. The molecule has 2 aromatic rings. The smallest absolute Gasteiger partial charge is 0.100 e. The zero-order valence-corrected chi connectivity index (χ0v) is 13.3. The Morgan fingerprint density at radius 2 is 1.79 bits per heavy atom. The van der Waals surface area contributed by atoms with E-state index < -0.39 is 0 Å². The topological polar surface area (TPSA) is 23.8 Å². The Morgan fingerprint density at radius 1 is 1.11 bits per heavy atom.